The summed E-state index contributed by atoms with van der Waals surface area (Å²) in [6.07, 6.45) is 0.997. The molecule has 2 aliphatic rings. The van der Waals surface area contributed by atoms with E-state index in [-0.39, 0.29) is 30.2 Å². The second-order valence-corrected chi connectivity index (χ2v) is 8.14. The molecular weight excluding hydrogens is 302 g/mol. The molecule has 1 aromatic rings. The predicted molar refractivity (Wildman–Crippen MR) is 82.5 cm³/mol. The van der Waals surface area contributed by atoms with Gasteiger partial charge in [-0.25, -0.2) is 8.42 Å². The van der Waals surface area contributed by atoms with Crippen LogP contribution in [-0.2, 0) is 21.4 Å². The number of likely N-dealkylation sites (tertiary alicyclic amines) is 1. The van der Waals surface area contributed by atoms with Gasteiger partial charge in [-0.1, -0.05) is 6.07 Å². The maximum absolute atomic E-state index is 12.3. The zero-order valence-corrected chi connectivity index (χ0v) is 13.7. The van der Waals surface area contributed by atoms with Gasteiger partial charge in [-0.3, -0.25) is 9.78 Å². The summed E-state index contributed by atoms with van der Waals surface area (Å²) in [5.74, 6) is 0.110. The average molecular weight is 323 g/mol. The highest BCUT2D eigenvalue weighted by molar-refractivity contribution is 7.89. The fourth-order valence-electron chi connectivity index (χ4n) is 3.47. The Balaban J connectivity index is 1.80. The van der Waals surface area contributed by atoms with Crippen LogP contribution in [0.4, 0.5) is 0 Å². The van der Waals surface area contributed by atoms with E-state index in [4.69, 9.17) is 0 Å². The van der Waals surface area contributed by atoms with Crippen LogP contribution in [0.1, 0.15) is 31.2 Å². The van der Waals surface area contributed by atoms with E-state index in [0.29, 0.717) is 19.5 Å². The first-order valence-corrected chi connectivity index (χ1v) is 9.25. The summed E-state index contributed by atoms with van der Waals surface area (Å²) in [4.78, 5) is 18.6. The first kappa shape index (κ1) is 15.4. The van der Waals surface area contributed by atoms with Crippen LogP contribution in [0.15, 0.2) is 18.2 Å². The first-order chi connectivity index (χ1) is 10.4. The minimum absolute atomic E-state index is 0.0175. The van der Waals surface area contributed by atoms with Gasteiger partial charge in [0.2, 0.25) is 15.9 Å². The van der Waals surface area contributed by atoms with Crippen LogP contribution in [0.2, 0.25) is 0 Å². The molecule has 2 fully saturated rings. The van der Waals surface area contributed by atoms with E-state index in [1.54, 1.807) is 11.8 Å². The first-order valence-electron chi connectivity index (χ1n) is 7.64. The Bertz CT molecular complexity index is 689. The van der Waals surface area contributed by atoms with E-state index in [0.717, 1.165) is 11.4 Å². The third kappa shape index (κ3) is 2.63. The number of carbonyl (C=O) groups is 1. The van der Waals surface area contributed by atoms with Crippen LogP contribution >= 0.6 is 0 Å². The fourth-order valence-corrected chi connectivity index (χ4v) is 4.81. The molecule has 0 saturated carbocycles. The number of rotatable bonds is 4. The van der Waals surface area contributed by atoms with Crippen LogP contribution in [0.25, 0.3) is 0 Å². The number of fused-ring (bicyclic) bond motifs is 1. The van der Waals surface area contributed by atoms with Crippen LogP contribution in [-0.4, -0.2) is 52.9 Å². The number of sulfonamides is 1. The van der Waals surface area contributed by atoms with Crippen molar-refractivity contribution in [1.82, 2.24) is 14.2 Å². The molecule has 2 saturated heterocycles. The molecule has 120 valence electrons. The number of carbonyl (C=O) groups excluding carboxylic acids is 1. The molecule has 22 heavy (non-hydrogen) atoms. The van der Waals surface area contributed by atoms with Crippen molar-refractivity contribution in [3.05, 3.63) is 29.6 Å². The van der Waals surface area contributed by atoms with Crippen molar-refractivity contribution >= 4 is 15.9 Å². The zero-order chi connectivity index (χ0) is 15.9. The molecular formula is C15H21N3O3S. The van der Waals surface area contributed by atoms with E-state index in [1.807, 2.05) is 25.1 Å². The van der Waals surface area contributed by atoms with E-state index >= 15 is 0 Å². The number of amides is 1. The molecule has 0 N–H and O–H groups in total. The number of aryl methyl sites for hydroxylation is 1. The number of pyridine rings is 1. The molecule has 2 aliphatic heterocycles. The molecule has 0 unspecified atom stereocenters. The lowest BCUT2D eigenvalue weighted by atomic mass is 10.1. The second kappa shape index (κ2) is 5.62. The lowest BCUT2D eigenvalue weighted by Crippen LogP contribution is -2.40. The maximum Gasteiger partial charge on any atom is 0.224 e. The van der Waals surface area contributed by atoms with Gasteiger partial charge in [0.15, 0.2) is 0 Å². The Morgan fingerprint density at radius 3 is 2.77 bits per heavy atom. The highest BCUT2D eigenvalue weighted by Crippen LogP contribution is 2.35. The van der Waals surface area contributed by atoms with Crippen molar-refractivity contribution in [2.45, 2.75) is 45.3 Å². The minimum atomic E-state index is -3.24. The third-order valence-electron chi connectivity index (χ3n) is 4.56. The molecule has 6 nitrogen and oxygen atoms in total. The standard InChI is InChI=1S/C15H21N3O3S/c1-3-22(20,21)18-8-7-13-14(18)9-15(19)17(13)10-12-6-4-5-11(2)16-12/h4-6,13-14H,3,7-10H2,1-2H3/t13-,14+/m0/s1. The Morgan fingerprint density at radius 2 is 2.09 bits per heavy atom. The van der Waals surface area contributed by atoms with Crippen molar-refractivity contribution in [2.75, 3.05) is 12.3 Å². The van der Waals surface area contributed by atoms with E-state index in [1.165, 1.54) is 4.31 Å². The van der Waals surface area contributed by atoms with Crippen LogP contribution in [0.3, 0.4) is 0 Å². The maximum atomic E-state index is 12.3. The summed E-state index contributed by atoms with van der Waals surface area (Å²) in [6, 6.07) is 5.53. The number of aromatic nitrogens is 1. The summed E-state index contributed by atoms with van der Waals surface area (Å²) in [5.41, 5.74) is 1.77. The van der Waals surface area contributed by atoms with E-state index < -0.39 is 10.0 Å². The van der Waals surface area contributed by atoms with Crippen molar-refractivity contribution in [1.29, 1.82) is 0 Å². The SMILES string of the molecule is CCS(=O)(=O)N1CC[C@H]2[C@H]1CC(=O)N2Cc1cccc(C)n1. The highest BCUT2D eigenvalue weighted by atomic mass is 32.2. The predicted octanol–water partition coefficient (Wildman–Crippen LogP) is 0.915. The molecule has 7 heteroatoms. The van der Waals surface area contributed by atoms with Crippen molar-refractivity contribution in [3.63, 3.8) is 0 Å². The number of nitrogens with zero attached hydrogens (tertiary/aromatic N) is 3. The third-order valence-corrected chi connectivity index (χ3v) is 6.46. The molecule has 0 bridgehead atoms. The highest BCUT2D eigenvalue weighted by Gasteiger charge is 2.49. The van der Waals surface area contributed by atoms with Crippen molar-refractivity contribution in [2.24, 2.45) is 0 Å². The van der Waals surface area contributed by atoms with Crippen LogP contribution in [0.5, 0.6) is 0 Å². The lowest BCUT2D eigenvalue weighted by Gasteiger charge is -2.24. The van der Waals surface area contributed by atoms with Gasteiger partial charge in [-0.2, -0.15) is 4.31 Å². The topological polar surface area (TPSA) is 70.6 Å². The van der Waals surface area contributed by atoms with Gasteiger partial charge >= 0.3 is 0 Å². The zero-order valence-electron chi connectivity index (χ0n) is 12.9. The Labute approximate surface area is 131 Å². The van der Waals surface area contributed by atoms with Gasteiger partial charge in [0.05, 0.1) is 30.1 Å². The minimum Gasteiger partial charge on any atom is -0.332 e. The smallest absolute Gasteiger partial charge is 0.224 e. The van der Waals surface area contributed by atoms with Gasteiger partial charge in [0.1, 0.15) is 0 Å². The molecule has 0 aromatic carbocycles. The van der Waals surface area contributed by atoms with E-state index in [9.17, 15) is 13.2 Å². The number of hydrogen-bond donors (Lipinski definition) is 0. The van der Waals surface area contributed by atoms with Gasteiger partial charge in [0, 0.05) is 18.7 Å². The monoisotopic (exact) mass is 323 g/mol. The summed E-state index contributed by atoms with van der Waals surface area (Å²) in [5, 5.41) is 0. The van der Waals surface area contributed by atoms with Crippen LogP contribution in [0, 0.1) is 6.92 Å². The quantitative estimate of drug-likeness (QED) is 0.826. The molecule has 3 rings (SSSR count). The van der Waals surface area contributed by atoms with Crippen molar-refractivity contribution < 1.29 is 13.2 Å². The average Bonchev–Trinajstić information content (AvgIpc) is 3.00. The molecule has 0 spiro atoms. The summed E-state index contributed by atoms with van der Waals surface area (Å²) >= 11 is 0. The van der Waals surface area contributed by atoms with Gasteiger partial charge < -0.3 is 4.90 Å². The summed E-state index contributed by atoms with van der Waals surface area (Å²) in [7, 11) is -3.24. The Morgan fingerprint density at radius 1 is 1.32 bits per heavy atom. The summed E-state index contributed by atoms with van der Waals surface area (Å²) in [6.45, 7) is 4.54. The summed E-state index contributed by atoms with van der Waals surface area (Å²) < 4.78 is 25.8. The van der Waals surface area contributed by atoms with Crippen LogP contribution < -0.4 is 0 Å². The Hall–Kier alpha value is -1.47. The molecule has 3 heterocycles. The molecule has 0 aliphatic carbocycles. The lowest BCUT2D eigenvalue weighted by molar-refractivity contribution is -0.129. The van der Waals surface area contributed by atoms with Gasteiger partial charge in [0.25, 0.3) is 0 Å². The molecule has 0 radical (unpaired) electrons. The van der Waals surface area contributed by atoms with Crippen molar-refractivity contribution in [3.8, 4) is 0 Å². The Kier molecular flexibility index (Phi) is 3.94. The molecule has 1 amide bonds. The molecule has 1 aromatic heterocycles. The largest absolute Gasteiger partial charge is 0.332 e. The van der Waals surface area contributed by atoms with Gasteiger partial charge in [-0.15, -0.1) is 0 Å². The van der Waals surface area contributed by atoms with E-state index in [2.05, 4.69) is 4.98 Å². The number of hydrogen-bond acceptors (Lipinski definition) is 4. The second-order valence-electron chi connectivity index (χ2n) is 5.93. The molecule has 2 atom stereocenters. The normalized spacial score (nSPS) is 25.7. The fraction of sp³-hybridized carbons (Fsp3) is 0.600. The van der Waals surface area contributed by atoms with Gasteiger partial charge in [-0.05, 0) is 32.4 Å².